The van der Waals surface area contributed by atoms with E-state index in [1.54, 1.807) is 12.1 Å². The fourth-order valence-electron chi connectivity index (χ4n) is 6.16. The summed E-state index contributed by atoms with van der Waals surface area (Å²) < 4.78 is 25.3. The van der Waals surface area contributed by atoms with Crippen molar-refractivity contribution < 1.29 is 13.2 Å². The molecule has 0 bridgehead atoms. The van der Waals surface area contributed by atoms with Gasteiger partial charge in [0.25, 0.3) is 0 Å². The Morgan fingerprint density at radius 3 is 2.15 bits per heavy atom. The van der Waals surface area contributed by atoms with Crippen LogP contribution < -0.4 is 4.90 Å². The second-order valence-electron chi connectivity index (χ2n) is 12.3. The van der Waals surface area contributed by atoms with E-state index in [9.17, 15) is 13.2 Å². The van der Waals surface area contributed by atoms with Gasteiger partial charge in [-0.2, -0.15) is 0 Å². The zero-order valence-electron chi connectivity index (χ0n) is 24.7. The molecule has 0 N–H and O–H groups in total. The number of carbonyl (C=O) groups is 1. The maximum atomic E-state index is 13.7. The smallest absolute Gasteiger partial charge is 0.230 e. The summed E-state index contributed by atoms with van der Waals surface area (Å²) in [7, 11) is -3.24. The van der Waals surface area contributed by atoms with Crippen LogP contribution in [0, 0.1) is 17.8 Å². The number of sulfonamides is 1. The van der Waals surface area contributed by atoms with Crippen molar-refractivity contribution in [1.82, 2.24) is 9.21 Å². The van der Waals surface area contributed by atoms with Crippen molar-refractivity contribution >= 4 is 44.8 Å². The topological polar surface area (TPSA) is 60.9 Å². The fraction of sp³-hybridized carbons (Fsp3) is 0.594. The number of likely N-dealkylation sites (tertiary alicyclic amines) is 1. The number of nitrogens with zero attached hydrogens (tertiary/aromatic N) is 3. The summed E-state index contributed by atoms with van der Waals surface area (Å²) in [5.74, 6) is 1.22. The highest BCUT2D eigenvalue weighted by molar-refractivity contribution is 7.88. The normalized spacial score (nSPS) is 18.2. The Morgan fingerprint density at radius 1 is 0.927 bits per heavy atom. The SMILES string of the molecule is CC(C)Cc1ccc(CC2CCN(CCCN(C(=O)C3CCN(S(C)(=O)=O)CC3)c3ccc(Cl)c(Cl)c3)CC2)cc1. The van der Waals surface area contributed by atoms with Gasteiger partial charge in [-0.1, -0.05) is 61.3 Å². The first kappa shape index (κ1) is 32.3. The van der Waals surface area contributed by atoms with Crippen LogP contribution in [0.25, 0.3) is 0 Å². The second-order valence-corrected chi connectivity index (χ2v) is 15.1. The molecule has 2 aromatic carbocycles. The lowest BCUT2D eigenvalue weighted by Crippen LogP contribution is -2.45. The molecule has 0 atom stereocenters. The number of hydrogen-bond acceptors (Lipinski definition) is 4. The van der Waals surface area contributed by atoms with Crippen LogP contribution in [0.4, 0.5) is 5.69 Å². The van der Waals surface area contributed by atoms with Crippen molar-refractivity contribution in [3.05, 3.63) is 63.6 Å². The molecule has 2 fully saturated rings. The highest BCUT2D eigenvalue weighted by Crippen LogP contribution is 2.30. The summed E-state index contributed by atoms with van der Waals surface area (Å²) in [6.45, 7) is 8.97. The first-order chi connectivity index (χ1) is 19.5. The standard InChI is InChI=1S/C32H45Cl2N3O3S/c1-24(2)21-25-5-7-26(8-6-25)22-27-11-17-35(18-12-27)15-4-16-37(29-9-10-30(33)31(34)23-29)32(38)28-13-19-36(20-14-28)41(3,39)40/h5-10,23-24,27-28H,4,11-22H2,1-3H3. The van der Waals surface area contributed by atoms with Crippen molar-refractivity contribution in [2.45, 2.75) is 58.8 Å². The Bertz CT molecular complexity index is 1250. The lowest BCUT2D eigenvalue weighted by Gasteiger charge is -2.35. The molecule has 2 aromatic rings. The predicted molar refractivity (Wildman–Crippen MR) is 170 cm³/mol. The Kier molecular flexibility index (Phi) is 11.6. The van der Waals surface area contributed by atoms with Crippen molar-refractivity contribution in [3.8, 4) is 0 Å². The molecule has 4 rings (SSSR count). The van der Waals surface area contributed by atoms with Gasteiger partial charge in [-0.3, -0.25) is 4.79 Å². The molecular formula is C32H45Cl2N3O3S. The van der Waals surface area contributed by atoms with Gasteiger partial charge in [-0.05, 0) is 106 Å². The third-order valence-electron chi connectivity index (χ3n) is 8.51. The molecule has 2 aliphatic rings. The largest absolute Gasteiger partial charge is 0.312 e. The number of rotatable bonds is 11. The molecule has 0 unspecified atom stereocenters. The van der Waals surface area contributed by atoms with E-state index >= 15 is 0 Å². The van der Waals surface area contributed by atoms with E-state index in [0.29, 0.717) is 54.4 Å². The Morgan fingerprint density at radius 2 is 1.56 bits per heavy atom. The maximum absolute atomic E-state index is 13.7. The molecule has 226 valence electrons. The summed E-state index contributed by atoms with van der Waals surface area (Å²) in [4.78, 5) is 18.0. The lowest BCUT2D eigenvalue weighted by atomic mass is 9.89. The van der Waals surface area contributed by atoms with Crippen molar-refractivity contribution in [2.24, 2.45) is 17.8 Å². The van der Waals surface area contributed by atoms with Gasteiger partial charge < -0.3 is 9.80 Å². The predicted octanol–water partition coefficient (Wildman–Crippen LogP) is 6.54. The van der Waals surface area contributed by atoms with Crippen molar-refractivity contribution in [3.63, 3.8) is 0 Å². The summed E-state index contributed by atoms with van der Waals surface area (Å²) in [5.41, 5.74) is 3.61. The number of amides is 1. The van der Waals surface area contributed by atoms with Gasteiger partial charge in [-0.15, -0.1) is 0 Å². The molecule has 1 amide bonds. The van der Waals surface area contributed by atoms with Crippen LogP contribution in [0.5, 0.6) is 0 Å². The van der Waals surface area contributed by atoms with E-state index < -0.39 is 10.0 Å². The van der Waals surface area contributed by atoms with E-state index in [4.69, 9.17) is 23.2 Å². The van der Waals surface area contributed by atoms with E-state index in [1.165, 1.54) is 34.5 Å². The first-order valence-electron chi connectivity index (χ1n) is 15.0. The molecule has 2 aliphatic heterocycles. The van der Waals surface area contributed by atoms with Crippen LogP contribution in [0.1, 0.15) is 57.1 Å². The number of halogens is 2. The highest BCUT2D eigenvalue weighted by Gasteiger charge is 2.32. The summed E-state index contributed by atoms with van der Waals surface area (Å²) in [5, 5.41) is 0.879. The Labute approximate surface area is 257 Å². The Balaban J connectivity index is 1.29. The fourth-order valence-corrected chi connectivity index (χ4v) is 7.32. The van der Waals surface area contributed by atoms with E-state index in [1.807, 2.05) is 11.0 Å². The zero-order chi connectivity index (χ0) is 29.6. The van der Waals surface area contributed by atoms with Crippen LogP contribution in [-0.2, 0) is 27.7 Å². The minimum Gasteiger partial charge on any atom is -0.312 e. The third-order valence-corrected chi connectivity index (χ3v) is 10.5. The van der Waals surface area contributed by atoms with Gasteiger partial charge >= 0.3 is 0 Å². The molecule has 0 saturated carbocycles. The first-order valence-corrected chi connectivity index (χ1v) is 17.6. The zero-order valence-corrected chi connectivity index (χ0v) is 27.0. The monoisotopic (exact) mass is 621 g/mol. The van der Waals surface area contributed by atoms with Crippen LogP contribution in [0.15, 0.2) is 42.5 Å². The van der Waals surface area contributed by atoms with Crippen LogP contribution in [0.2, 0.25) is 10.0 Å². The van der Waals surface area contributed by atoms with E-state index in [0.717, 1.165) is 44.6 Å². The van der Waals surface area contributed by atoms with Crippen molar-refractivity contribution in [2.75, 3.05) is 50.4 Å². The van der Waals surface area contributed by atoms with Crippen molar-refractivity contribution in [1.29, 1.82) is 0 Å². The van der Waals surface area contributed by atoms with Gasteiger partial charge in [0.05, 0.1) is 16.3 Å². The van der Waals surface area contributed by atoms with Gasteiger partial charge in [-0.25, -0.2) is 12.7 Å². The van der Waals surface area contributed by atoms with Gasteiger partial charge in [0.15, 0.2) is 0 Å². The number of carbonyl (C=O) groups excluding carboxylic acids is 1. The summed E-state index contributed by atoms with van der Waals surface area (Å²) in [6.07, 6.45) is 7.81. The summed E-state index contributed by atoms with van der Waals surface area (Å²) in [6, 6.07) is 14.5. The third kappa shape index (κ3) is 9.42. The number of benzene rings is 2. The lowest BCUT2D eigenvalue weighted by molar-refractivity contribution is -0.123. The van der Waals surface area contributed by atoms with Gasteiger partial charge in [0.1, 0.15) is 0 Å². The average molecular weight is 623 g/mol. The second kappa shape index (κ2) is 14.7. The molecule has 0 spiro atoms. The molecular weight excluding hydrogens is 577 g/mol. The molecule has 0 radical (unpaired) electrons. The summed E-state index contributed by atoms with van der Waals surface area (Å²) >= 11 is 12.5. The highest BCUT2D eigenvalue weighted by atomic mass is 35.5. The molecule has 9 heteroatoms. The number of hydrogen-bond donors (Lipinski definition) is 0. The maximum Gasteiger partial charge on any atom is 0.230 e. The molecule has 2 saturated heterocycles. The minimum atomic E-state index is -3.24. The average Bonchev–Trinajstić information content (AvgIpc) is 2.94. The Hall–Kier alpha value is -1.64. The molecule has 0 aromatic heterocycles. The van der Waals surface area contributed by atoms with Crippen LogP contribution in [-0.4, -0.2) is 69.1 Å². The molecule has 6 nitrogen and oxygen atoms in total. The molecule has 41 heavy (non-hydrogen) atoms. The van der Waals surface area contributed by atoms with Crippen LogP contribution >= 0.6 is 23.2 Å². The number of piperidine rings is 2. The van der Waals surface area contributed by atoms with Gasteiger partial charge in [0, 0.05) is 31.2 Å². The molecule has 0 aliphatic carbocycles. The van der Waals surface area contributed by atoms with E-state index in [2.05, 4.69) is 43.0 Å². The minimum absolute atomic E-state index is 0.0367. The van der Waals surface area contributed by atoms with Gasteiger partial charge in [0.2, 0.25) is 15.9 Å². The van der Waals surface area contributed by atoms with Crippen LogP contribution in [0.3, 0.4) is 0 Å². The number of anilines is 1. The van der Waals surface area contributed by atoms with E-state index in [-0.39, 0.29) is 11.8 Å². The molecule has 2 heterocycles. The quantitative estimate of drug-likeness (QED) is 0.286.